The maximum absolute atomic E-state index is 13.1. The van der Waals surface area contributed by atoms with Gasteiger partial charge in [0, 0.05) is 10.8 Å². The van der Waals surface area contributed by atoms with Crippen molar-refractivity contribution in [2.24, 2.45) is 0 Å². The molecule has 0 bridgehead atoms. The lowest BCUT2D eigenvalue weighted by Crippen LogP contribution is -2.22. The number of benzene rings is 2. The van der Waals surface area contributed by atoms with Gasteiger partial charge in [0.15, 0.2) is 5.16 Å². The van der Waals surface area contributed by atoms with Crippen LogP contribution in [0.15, 0.2) is 52.4 Å². The molecule has 1 aromatic heterocycles. The van der Waals surface area contributed by atoms with E-state index in [1.165, 1.54) is 17.3 Å². The quantitative estimate of drug-likeness (QED) is 0.493. The van der Waals surface area contributed by atoms with Crippen molar-refractivity contribution in [3.8, 4) is 5.69 Å². The van der Waals surface area contributed by atoms with Gasteiger partial charge in [-0.15, -0.1) is 0 Å². The Labute approximate surface area is 161 Å². The van der Waals surface area contributed by atoms with Gasteiger partial charge in [-0.2, -0.15) is 0 Å². The maximum Gasteiger partial charge on any atom is 0.266 e. The normalized spacial score (nSPS) is 12.5. The molecule has 1 N–H and O–H groups in total. The molecule has 0 unspecified atom stereocenters. The number of hydrogen-bond acceptors (Lipinski definition) is 4. The molecule has 0 radical (unpaired) electrons. The minimum absolute atomic E-state index is 0.0200. The lowest BCUT2D eigenvalue weighted by Gasteiger charge is -2.15. The van der Waals surface area contributed by atoms with E-state index < -0.39 is 0 Å². The monoisotopic (exact) mass is 388 g/mol. The third-order valence-electron chi connectivity index (χ3n) is 4.45. The smallest absolute Gasteiger partial charge is 0.266 e. The summed E-state index contributed by atoms with van der Waals surface area (Å²) in [6.07, 6.45) is 1.06. The highest BCUT2D eigenvalue weighted by atomic mass is 35.5. The zero-order valence-electron chi connectivity index (χ0n) is 14.8. The zero-order chi connectivity index (χ0) is 18.7. The predicted octanol–water partition coefficient (Wildman–Crippen LogP) is 4.64. The predicted molar refractivity (Wildman–Crippen MR) is 109 cm³/mol. The van der Waals surface area contributed by atoms with Crippen LogP contribution in [0, 0.1) is 0 Å². The number of hydrogen-bond donors (Lipinski definition) is 1. The van der Waals surface area contributed by atoms with E-state index in [4.69, 9.17) is 11.6 Å². The van der Waals surface area contributed by atoms with Crippen molar-refractivity contribution in [2.45, 2.75) is 31.3 Å². The summed E-state index contributed by atoms with van der Waals surface area (Å²) in [5.74, 6) is 0.939. The molecule has 136 valence electrons. The standard InChI is InChI=1S/C20H21ClN2O2S/c1-3-13(2)14-4-7-16(8-5-14)23-19(25)17-12-15(21)6-9-18(17)22-20(23)26-11-10-24/h4-9,12-13,24H,3,10-11H2,1-2H3/t13-/m0/s1. The van der Waals surface area contributed by atoms with Gasteiger partial charge in [-0.3, -0.25) is 9.36 Å². The van der Waals surface area contributed by atoms with Crippen LogP contribution >= 0.6 is 23.4 Å². The minimum Gasteiger partial charge on any atom is -0.396 e. The van der Waals surface area contributed by atoms with Crippen LogP contribution in [-0.2, 0) is 0 Å². The number of nitrogens with zero attached hydrogens (tertiary/aromatic N) is 2. The largest absolute Gasteiger partial charge is 0.396 e. The second-order valence-electron chi connectivity index (χ2n) is 6.17. The summed E-state index contributed by atoms with van der Waals surface area (Å²) in [5, 5.41) is 10.7. The van der Waals surface area contributed by atoms with Gasteiger partial charge in [-0.25, -0.2) is 4.98 Å². The molecule has 4 nitrogen and oxygen atoms in total. The summed E-state index contributed by atoms with van der Waals surface area (Å²) in [5.41, 5.74) is 2.45. The van der Waals surface area contributed by atoms with Gasteiger partial charge < -0.3 is 5.11 Å². The molecule has 3 aromatic rings. The molecule has 0 aliphatic carbocycles. The Balaban J connectivity index is 2.18. The van der Waals surface area contributed by atoms with Gasteiger partial charge in [-0.1, -0.05) is 49.3 Å². The number of aromatic nitrogens is 2. The first-order valence-electron chi connectivity index (χ1n) is 8.61. The number of aliphatic hydroxyl groups excluding tert-OH is 1. The second-order valence-corrected chi connectivity index (χ2v) is 7.67. The first kappa shape index (κ1) is 19.0. The van der Waals surface area contributed by atoms with Crippen molar-refractivity contribution in [1.82, 2.24) is 9.55 Å². The Kier molecular flexibility index (Phi) is 6.01. The van der Waals surface area contributed by atoms with Gasteiger partial charge in [0.05, 0.1) is 23.2 Å². The average molecular weight is 389 g/mol. The van der Waals surface area contributed by atoms with Crippen LogP contribution in [0.1, 0.15) is 31.7 Å². The highest BCUT2D eigenvalue weighted by Gasteiger charge is 2.14. The molecular weight excluding hydrogens is 368 g/mol. The van der Waals surface area contributed by atoms with E-state index in [2.05, 4.69) is 31.0 Å². The van der Waals surface area contributed by atoms with Gasteiger partial charge in [0.1, 0.15) is 0 Å². The highest BCUT2D eigenvalue weighted by Crippen LogP contribution is 2.24. The molecule has 0 saturated carbocycles. The van der Waals surface area contributed by atoms with Crippen molar-refractivity contribution in [1.29, 1.82) is 0 Å². The van der Waals surface area contributed by atoms with E-state index in [9.17, 15) is 9.90 Å². The van der Waals surface area contributed by atoms with Crippen molar-refractivity contribution in [3.05, 3.63) is 63.4 Å². The minimum atomic E-state index is -0.158. The first-order valence-corrected chi connectivity index (χ1v) is 9.97. The molecule has 1 atom stereocenters. The summed E-state index contributed by atoms with van der Waals surface area (Å²) in [6.45, 7) is 4.36. The van der Waals surface area contributed by atoms with Crippen LogP contribution < -0.4 is 5.56 Å². The fraction of sp³-hybridized carbons (Fsp3) is 0.300. The molecule has 26 heavy (non-hydrogen) atoms. The Hall–Kier alpha value is -1.82. The second kappa shape index (κ2) is 8.25. The SMILES string of the molecule is CC[C@H](C)c1ccc(-n2c(SCCO)nc3ccc(Cl)cc3c2=O)cc1. The van der Waals surface area contributed by atoms with Crippen LogP contribution in [-0.4, -0.2) is 27.0 Å². The van der Waals surface area contributed by atoms with Gasteiger partial charge in [0.25, 0.3) is 5.56 Å². The van der Waals surface area contributed by atoms with Crippen molar-refractivity contribution < 1.29 is 5.11 Å². The molecule has 0 aliphatic heterocycles. The number of rotatable bonds is 6. The van der Waals surface area contributed by atoms with Gasteiger partial charge >= 0.3 is 0 Å². The molecule has 0 aliphatic rings. The van der Waals surface area contributed by atoms with Crippen molar-refractivity contribution in [2.75, 3.05) is 12.4 Å². The fourth-order valence-electron chi connectivity index (χ4n) is 2.79. The van der Waals surface area contributed by atoms with E-state index in [1.54, 1.807) is 22.8 Å². The van der Waals surface area contributed by atoms with Crippen LogP contribution in [0.3, 0.4) is 0 Å². The molecular formula is C20H21ClN2O2S. The number of aliphatic hydroxyl groups is 1. The van der Waals surface area contributed by atoms with E-state index in [-0.39, 0.29) is 12.2 Å². The van der Waals surface area contributed by atoms with E-state index >= 15 is 0 Å². The summed E-state index contributed by atoms with van der Waals surface area (Å²) >= 11 is 7.43. The molecule has 1 heterocycles. The third-order valence-corrected chi connectivity index (χ3v) is 5.61. The van der Waals surface area contributed by atoms with Gasteiger partial charge in [0.2, 0.25) is 0 Å². The maximum atomic E-state index is 13.1. The number of thioether (sulfide) groups is 1. The molecule has 6 heteroatoms. The lowest BCUT2D eigenvalue weighted by molar-refractivity contribution is 0.322. The Morgan fingerprint density at radius 1 is 1.23 bits per heavy atom. The topological polar surface area (TPSA) is 55.1 Å². The molecule has 0 fully saturated rings. The number of fused-ring (bicyclic) bond motifs is 1. The lowest BCUT2D eigenvalue weighted by atomic mass is 9.98. The Morgan fingerprint density at radius 3 is 2.62 bits per heavy atom. The summed E-state index contributed by atoms with van der Waals surface area (Å²) in [4.78, 5) is 17.7. The van der Waals surface area contributed by atoms with Crippen LogP contribution in [0.25, 0.3) is 16.6 Å². The highest BCUT2D eigenvalue weighted by molar-refractivity contribution is 7.99. The van der Waals surface area contributed by atoms with Crippen LogP contribution in [0.5, 0.6) is 0 Å². The van der Waals surface area contributed by atoms with E-state index in [1.807, 2.05) is 12.1 Å². The summed E-state index contributed by atoms with van der Waals surface area (Å²) < 4.78 is 1.60. The van der Waals surface area contributed by atoms with Gasteiger partial charge in [-0.05, 0) is 48.2 Å². The van der Waals surface area contributed by atoms with Crippen molar-refractivity contribution >= 4 is 34.3 Å². The number of halogens is 1. The fourth-order valence-corrected chi connectivity index (χ4v) is 3.71. The van der Waals surface area contributed by atoms with E-state index in [0.717, 1.165) is 12.1 Å². The Bertz CT molecular complexity index is 970. The first-order chi connectivity index (χ1) is 12.5. The average Bonchev–Trinajstić information content (AvgIpc) is 2.66. The van der Waals surface area contributed by atoms with E-state index in [0.29, 0.717) is 32.8 Å². The van der Waals surface area contributed by atoms with Crippen LogP contribution in [0.4, 0.5) is 0 Å². The Morgan fingerprint density at radius 2 is 1.96 bits per heavy atom. The van der Waals surface area contributed by atoms with Crippen LogP contribution in [0.2, 0.25) is 5.02 Å². The zero-order valence-corrected chi connectivity index (χ0v) is 16.3. The summed E-state index contributed by atoms with van der Waals surface area (Å²) in [6, 6.07) is 13.1. The third kappa shape index (κ3) is 3.80. The molecule has 3 rings (SSSR count). The molecule has 0 saturated heterocycles. The molecule has 2 aromatic carbocycles. The van der Waals surface area contributed by atoms with Crippen molar-refractivity contribution in [3.63, 3.8) is 0 Å². The molecule has 0 amide bonds. The summed E-state index contributed by atoms with van der Waals surface area (Å²) in [7, 11) is 0. The molecule has 0 spiro atoms.